The first kappa shape index (κ1) is 7.06. The normalized spacial score (nSPS) is 15.5. The van der Waals surface area contributed by atoms with E-state index in [0.29, 0.717) is 0 Å². The van der Waals surface area contributed by atoms with Gasteiger partial charge >= 0.3 is 72.9 Å². The Morgan fingerprint density at radius 2 is 2.09 bits per heavy atom. The van der Waals surface area contributed by atoms with Crippen LogP contribution in [0.25, 0.3) is 6.08 Å². The first-order valence-corrected chi connectivity index (χ1v) is 5.48. The zero-order valence-corrected chi connectivity index (χ0v) is 8.21. The van der Waals surface area contributed by atoms with Gasteiger partial charge in [-0.05, 0) is 0 Å². The Morgan fingerprint density at radius 1 is 1.27 bits per heavy atom. The van der Waals surface area contributed by atoms with Gasteiger partial charge in [0.05, 0.1) is 0 Å². The molecule has 1 aromatic rings. The van der Waals surface area contributed by atoms with E-state index in [1.807, 2.05) is 0 Å². The number of benzene rings is 1. The first-order chi connectivity index (χ1) is 5.36. The second-order valence-electron chi connectivity index (χ2n) is 2.60. The van der Waals surface area contributed by atoms with Gasteiger partial charge < -0.3 is 0 Å². The van der Waals surface area contributed by atoms with E-state index in [9.17, 15) is 0 Å². The molecule has 0 N–H and O–H groups in total. The van der Waals surface area contributed by atoms with Crippen LogP contribution < -0.4 is 0 Å². The van der Waals surface area contributed by atoms with Crippen LogP contribution in [0.2, 0.25) is 0 Å². The molecule has 0 saturated heterocycles. The summed E-state index contributed by atoms with van der Waals surface area (Å²) in [6.07, 6.45) is 2.27. The van der Waals surface area contributed by atoms with Gasteiger partial charge in [-0.25, -0.2) is 0 Å². The van der Waals surface area contributed by atoms with Crippen LogP contribution in [-0.4, -0.2) is 20.1 Å². The summed E-state index contributed by atoms with van der Waals surface area (Å²) in [5, 5.41) is 0. The standard InChI is InChI=1S/C10H8As/c1-8-6-9-4-2-3-5-10(9)7-11-8/h2-6H,1H3. The number of fused-ring (bicyclic) bond motifs is 1. The molecular formula is C10H8As. The molecule has 1 heteroatoms. The van der Waals surface area contributed by atoms with Gasteiger partial charge in [-0.15, -0.1) is 0 Å². The fourth-order valence-corrected chi connectivity index (χ4v) is 2.61. The first-order valence-electron chi connectivity index (χ1n) is 3.60. The third kappa shape index (κ3) is 1.36. The molecule has 0 fully saturated rings. The topological polar surface area (TPSA) is 0 Å². The molecule has 1 radical (unpaired) electrons. The van der Waals surface area contributed by atoms with E-state index in [1.165, 1.54) is 15.5 Å². The van der Waals surface area contributed by atoms with Crippen molar-refractivity contribution in [3.05, 3.63) is 39.8 Å². The van der Waals surface area contributed by atoms with Crippen molar-refractivity contribution in [2.75, 3.05) is 0 Å². The molecule has 0 amide bonds. The second-order valence-corrected chi connectivity index (χ2v) is 5.01. The van der Waals surface area contributed by atoms with Crippen LogP contribution >= 0.6 is 0 Å². The molecule has 0 unspecified atom stereocenters. The average Bonchev–Trinajstić information content (AvgIpc) is 2.04. The molecular weight excluding hydrogens is 195 g/mol. The Hall–Kier alpha value is -0.612. The molecule has 1 aromatic carbocycles. The van der Waals surface area contributed by atoms with Crippen LogP contribution in [0.5, 0.6) is 0 Å². The monoisotopic (exact) mass is 203 g/mol. The van der Waals surface area contributed by atoms with Crippen molar-refractivity contribution in [1.82, 2.24) is 0 Å². The molecule has 0 atom stereocenters. The second kappa shape index (κ2) is 2.79. The van der Waals surface area contributed by atoms with Crippen molar-refractivity contribution in [2.24, 2.45) is 0 Å². The van der Waals surface area contributed by atoms with Gasteiger partial charge in [0.2, 0.25) is 0 Å². The molecule has 0 spiro atoms. The molecule has 0 nitrogen and oxygen atoms in total. The predicted octanol–water partition coefficient (Wildman–Crippen LogP) is 1.79. The van der Waals surface area contributed by atoms with Crippen molar-refractivity contribution in [1.29, 1.82) is 0 Å². The van der Waals surface area contributed by atoms with Crippen LogP contribution in [0.4, 0.5) is 0 Å². The fraction of sp³-hybridized carbons (Fsp3) is 0.100. The van der Waals surface area contributed by atoms with Crippen LogP contribution in [-0.2, 0) is 0 Å². The van der Waals surface area contributed by atoms with E-state index in [2.05, 4.69) is 42.1 Å². The summed E-state index contributed by atoms with van der Waals surface area (Å²) in [5.41, 5.74) is 2.62. The summed E-state index contributed by atoms with van der Waals surface area (Å²) in [5.74, 6) is 0. The SMILES string of the molecule is CC1=Cc2ccccc2[C]=[As]1. The fourth-order valence-electron chi connectivity index (χ4n) is 1.13. The van der Waals surface area contributed by atoms with Crippen LogP contribution in [0.3, 0.4) is 0 Å². The summed E-state index contributed by atoms with van der Waals surface area (Å²) in [4.78, 5) is 3.44. The van der Waals surface area contributed by atoms with E-state index >= 15 is 0 Å². The van der Waals surface area contributed by atoms with Gasteiger partial charge in [-0.1, -0.05) is 0 Å². The summed E-state index contributed by atoms with van der Waals surface area (Å²) < 4.78 is 1.49. The molecule has 1 aliphatic heterocycles. The van der Waals surface area contributed by atoms with E-state index < -0.39 is 0 Å². The van der Waals surface area contributed by atoms with Crippen LogP contribution in [0.1, 0.15) is 18.1 Å². The third-order valence-electron chi connectivity index (χ3n) is 1.68. The maximum atomic E-state index is 3.44. The van der Waals surface area contributed by atoms with E-state index in [4.69, 9.17) is 0 Å². The van der Waals surface area contributed by atoms with Crippen LogP contribution in [0.15, 0.2) is 28.6 Å². The quantitative estimate of drug-likeness (QED) is 0.564. The number of hydrogen-bond donors (Lipinski definition) is 0. The molecule has 11 heavy (non-hydrogen) atoms. The number of hydrogen-bond acceptors (Lipinski definition) is 0. The van der Waals surface area contributed by atoms with Gasteiger partial charge in [0.15, 0.2) is 0 Å². The van der Waals surface area contributed by atoms with Crippen LogP contribution in [0, 0.1) is 0 Å². The molecule has 0 bridgehead atoms. The zero-order chi connectivity index (χ0) is 7.68. The summed E-state index contributed by atoms with van der Waals surface area (Å²) in [6.45, 7) is 2.18. The van der Waals surface area contributed by atoms with Gasteiger partial charge in [0, 0.05) is 0 Å². The molecule has 0 aliphatic carbocycles. The number of rotatable bonds is 0. The molecule has 53 valence electrons. The van der Waals surface area contributed by atoms with Crippen molar-refractivity contribution in [3.63, 3.8) is 0 Å². The molecule has 1 heterocycles. The molecule has 0 aromatic heterocycles. The Labute approximate surface area is 73.2 Å². The Kier molecular flexibility index (Phi) is 1.79. The zero-order valence-electron chi connectivity index (χ0n) is 6.33. The van der Waals surface area contributed by atoms with Gasteiger partial charge in [0.25, 0.3) is 0 Å². The van der Waals surface area contributed by atoms with Crippen molar-refractivity contribution < 1.29 is 0 Å². The Morgan fingerprint density at radius 3 is 3.00 bits per heavy atom. The minimum atomic E-state index is 0.208. The van der Waals surface area contributed by atoms with Crippen molar-refractivity contribution in [3.8, 4) is 0 Å². The van der Waals surface area contributed by atoms with Crippen molar-refractivity contribution >= 4 is 26.2 Å². The van der Waals surface area contributed by atoms with Gasteiger partial charge in [0.1, 0.15) is 0 Å². The molecule has 2 rings (SSSR count). The summed E-state index contributed by atoms with van der Waals surface area (Å²) in [6, 6.07) is 8.42. The van der Waals surface area contributed by atoms with Crippen molar-refractivity contribution in [2.45, 2.75) is 6.92 Å². The number of allylic oxidation sites excluding steroid dienone is 1. The summed E-state index contributed by atoms with van der Waals surface area (Å²) in [7, 11) is 0. The molecule has 0 saturated carbocycles. The molecule has 1 aliphatic rings. The van der Waals surface area contributed by atoms with Gasteiger partial charge in [-0.2, -0.15) is 0 Å². The Bertz CT molecular complexity index is 334. The van der Waals surface area contributed by atoms with E-state index in [-0.39, 0.29) is 15.3 Å². The average molecular weight is 203 g/mol. The van der Waals surface area contributed by atoms with E-state index in [0.717, 1.165) is 0 Å². The maximum absolute atomic E-state index is 3.44. The Balaban J connectivity index is 2.61. The summed E-state index contributed by atoms with van der Waals surface area (Å²) >= 11 is 0.208. The van der Waals surface area contributed by atoms with E-state index in [1.54, 1.807) is 0 Å². The van der Waals surface area contributed by atoms with Gasteiger partial charge in [-0.3, -0.25) is 0 Å². The predicted molar refractivity (Wildman–Crippen MR) is 50.0 cm³/mol. The third-order valence-corrected chi connectivity index (χ3v) is 3.43. The minimum absolute atomic E-state index is 0.208.